The molecule has 2 heterocycles. The van der Waals surface area contributed by atoms with Crippen LogP contribution in [-0.4, -0.2) is 134 Å². The lowest BCUT2D eigenvalue weighted by atomic mass is 9.95. The molecule has 2 aliphatic heterocycles. The van der Waals surface area contributed by atoms with Crippen molar-refractivity contribution in [3.8, 4) is 0 Å². The Bertz CT molecular complexity index is 1300. The Labute approximate surface area is 287 Å². The van der Waals surface area contributed by atoms with Crippen molar-refractivity contribution >= 4 is 47.7 Å². The van der Waals surface area contributed by atoms with E-state index in [-0.39, 0.29) is 6.54 Å². The van der Waals surface area contributed by atoms with E-state index in [1.54, 1.807) is 0 Å². The van der Waals surface area contributed by atoms with E-state index in [2.05, 4.69) is 6.58 Å². The van der Waals surface area contributed by atoms with E-state index in [9.17, 15) is 38.4 Å². The van der Waals surface area contributed by atoms with Gasteiger partial charge in [-0.15, -0.1) is 6.58 Å². The van der Waals surface area contributed by atoms with E-state index in [1.807, 2.05) is 0 Å². The van der Waals surface area contributed by atoms with Crippen molar-refractivity contribution in [3.05, 3.63) is 12.7 Å². The van der Waals surface area contributed by atoms with Crippen molar-refractivity contribution in [2.75, 3.05) is 19.8 Å². The second kappa shape index (κ2) is 19.0. The van der Waals surface area contributed by atoms with Gasteiger partial charge in [0.2, 0.25) is 5.91 Å². The van der Waals surface area contributed by atoms with Gasteiger partial charge in [-0.25, -0.2) is 0 Å². The predicted molar refractivity (Wildman–Crippen MR) is 161 cm³/mol. The van der Waals surface area contributed by atoms with Gasteiger partial charge in [0.05, 0.1) is 0 Å². The van der Waals surface area contributed by atoms with Crippen molar-refractivity contribution in [3.63, 3.8) is 0 Å². The number of ether oxygens (including phenoxy) is 10. The summed E-state index contributed by atoms with van der Waals surface area (Å²) in [7, 11) is 0. The molecule has 4 unspecified atom stereocenters. The first-order chi connectivity index (χ1) is 23.4. The Balaban J connectivity index is 2.81. The summed E-state index contributed by atoms with van der Waals surface area (Å²) in [6, 6.07) is 0. The normalized spacial score (nSPS) is 28.9. The maximum absolute atomic E-state index is 12.7. The molecule has 0 aromatic heterocycles. The Morgan fingerprint density at radius 3 is 1.36 bits per heavy atom. The molecule has 0 bridgehead atoms. The van der Waals surface area contributed by atoms with Gasteiger partial charge >= 0.3 is 41.8 Å². The van der Waals surface area contributed by atoms with Gasteiger partial charge in [0.25, 0.3) is 0 Å². The summed E-state index contributed by atoms with van der Waals surface area (Å²) in [5.74, 6) is -6.61. The number of nitrogens with zero attached hydrogens (tertiary/aromatic N) is 1. The van der Waals surface area contributed by atoms with Gasteiger partial charge in [-0.3, -0.25) is 38.4 Å². The van der Waals surface area contributed by atoms with E-state index < -0.39 is 122 Å². The molecule has 2 saturated heterocycles. The minimum Gasteiger partial charge on any atom is -0.463 e. The van der Waals surface area contributed by atoms with Gasteiger partial charge in [-0.05, 0) is 0 Å². The van der Waals surface area contributed by atoms with Gasteiger partial charge in [0.15, 0.2) is 43.0 Å². The monoisotopic (exact) mass is 717 g/mol. The van der Waals surface area contributed by atoms with Crippen molar-refractivity contribution < 1.29 is 85.7 Å². The van der Waals surface area contributed by atoms with Crippen LogP contribution in [0.4, 0.5) is 0 Å². The summed E-state index contributed by atoms with van der Waals surface area (Å²) >= 11 is 0. The molecule has 50 heavy (non-hydrogen) atoms. The molecule has 2 aliphatic rings. The zero-order chi connectivity index (χ0) is 37.9. The molecule has 0 N–H and O–H groups in total. The topological polar surface area (TPSA) is 232 Å². The third-order valence-corrected chi connectivity index (χ3v) is 6.94. The summed E-state index contributed by atoms with van der Waals surface area (Å²) < 4.78 is 56.2. The Morgan fingerprint density at radius 1 is 0.540 bits per heavy atom. The summed E-state index contributed by atoms with van der Waals surface area (Å²) in [6.45, 7) is 10.9. The summed E-state index contributed by atoms with van der Waals surface area (Å²) in [5.41, 5.74) is 0. The van der Waals surface area contributed by atoms with Crippen LogP contribution in [-0.2, 0) is 85.7 Å². The minimum absolute atomic E-state index is 0.129. The second-order valence-electron chi connectivity index (χ2n) is 11.1. The summed E-state index contributed by atoms with van der Waals surface area (Å²) in [6.07, 6.45) is -14.5. The molecule has 0 radical (unpaired) electrons. The fraction of sp³-hybridized carbons (Fsp3) is 0.677. The molecule has 2 fully saturated rings. The van der Waals surface area contributed by atoms with Gasteiger partial charge in [0.1, 0.15) is 31.5 Å². The van der Waals surface area contributed by atoms with E-state index in [4.69, 9.17) is 47.4 Å². The van der Waals surface area contributed by atoms with Crippen LogP contribution < -0.4 is 0 Å². The van der Waals surface area contributed by atoms with E-state index in [0.29, 0.717) is 0 Å². The maximum Gasteiger partial charge on any atom is 0.303 e. The molecule has 0 aliphatic carbocycles. The number of hydrogen-bond acceptors (Lipinski definition) is 18. The van der Waals surface area contributed by atoms with Crippen LogP contribution in [0.1, 0.15) is 55.4 Å². The molecule has 0 aromatic rings. The van der Waals surface area contributed by atoms with Crippen LogP contribution in [0.25, 0.3) is 0 Å². The van der Waals surface area contributed by atoms with Crippen molar-refractivity contribution in [1.29, 1.82) is 0 Å². The average molecular weight is 718 g/mol. The van der Waals surface area contributed by atoms with Crippen molar-refractivity contribution in [1.82, 2.24) is 4.90 Å². The first-order valence-corrected chi connectivity index (χ1v) is 15.3. The van der Waals surface area contributed by atoms with Gasteiger partial charge < -0.3 is 52.3 Å². The van der Waals surface area contributed by atoms with E-state index in [1.165, 1.54) is 13.0 Å². The van der Waals surface area contributed by atoms with Crippen LogP contribution in [0.5, 0.6) is 0 Å². The molecule has 19 heteroatoms. The van der Waals surface area contributed by atoms with Gasteiger partial charge in [0, 0.05) is 61.9 Å². The molecular formula is C31H43NO18. The lowest BCUT2D eigenvalue weighted by molar-refractivity contribution is -0.350. The van der Waals surface area contributed by atoms with E-state index in [0.717, 1.165) is 53.4 Å². The lowest BCUT2D eigenvalue weighted by Crippen LogP contribution is -2.69. The summed E-state index contributed by atoms with van der Waals surface area (Å²) in [4.78, 5) is 99.2. The van der Waals surface area contributed by atoms with Crippen LogP contribution >= 0.6 is 0 Å². The third kappa shape index (κ3) is 12.1. The second-order valence-corrected chi connectivity index (χ2v) is 11.1. The fourth-order valence-corrected chi connectivity index (χ4v) is 5.29. The standard InChI is InChI=1S/C31H43NO18/c1-10-11-32(14(2)33)30-28(46-20(8)39)26(44-18(6)37)25(22(48-30)12-41-15(3)34)50-31-29(47-21(9)40)27(45-19(7)38)24(43-17(5)36)23(49-31)13-42-16(4)35/h10,22-31H,1,11-13H2,2-9H3/t22-,23?,24+,25-,26?,27+,28?,29?,30+,31+/m1/s1. The van der Waals surface area contributed by atoms with Crippen LogP contribution in [0.2, 0.25) is 0 Å². The zero-order valence-electron chi connectivity index (χ0n) is 29.0. The molecule has 0 spiro atoms. The third-order valence-electron chi connectivity index (χ3n) is 6.94. The van der Waals surface area contributed by atoms with Gasteiger partial charge in [-0.2, -0.15) is 0 Å². The van der Waals surface area contributed by atoms with Crippen LogP contribution in [0.15, 0.2) is 12.7 Å². The predicted octanol–water partition coefficient (Wildman–Crippen LogP) is -0.359. The highest BCUT2D eigenvalue weighted by Gasteiger charge is 2.58. The number of hydrogen-bond donors (Lipinski definition) is 0. The van der Waals surface area contributed by atoms with Crippen LogP contribution in [0.3, 0.4) is 0 Å². The highest BCUT2D eigenvalue weighted by atomic mass is 16.8. The molecule has 10 atom stereocenters. The lowest BCUT2D eigenvalue weighted by Gasteiger charge is -2.50. The molecule has 280 valence electrons. The highest BCUT2D eigenvalue weighted by molar-refractivity contribution is 5.74. The smallest absolute Gasteiger partial charge is 0.303 e. The Kier molecular flexibility index (Phi) is 15.8. The first-order valence-electron chi connectivity index (χ1n) is 15.3. The van der Waals surface area contributed by atoms with Crippen molar-refractivity contribution in [2.24, 2.45) is 0 Å². The molecule has 0 saturated carbocycles. The zero-order valence-corrected chi connectivity index (χ0v) is 29.0. The first kappa shape index (κ1) is 41.6. The molecule has 1 amide bonds. The molecule has 2 rings (SSSR count). The number of carbonyl (C=O) groups is 8. The maximum atomic E-state index is 12.7. The Morgan fingerprint density at radius 2 is 0.940 bits per heavy atom. The van der Waals surface area contributed by atoms with Crippen molar-refractivity contribution in [2.45, 2.75) is 117 Å². The number of rotatable bonds is 14. The quantitative estimate of drug-likeness (QED) is 0.127. The average Bonchev–Trinajstić information content (AvgIpc) is 2.97. The van der Waals surface area contributed by atoms with E-state index >= 15 is 0 Å². The molecular weight excluding hydrogens is 674 g/mol. The largest absolute Gasteiger partial charge is 0.463 e. The number of amides is 1. The SMILES string of the molecule is C=CCN(C(C)=O)[C@H]1O[C@H](COC(C)=O)[C@@H](O[C@@H]2OC(COC(C)=O)[C@H](OC(C)=O)[C@H](OC(C)=O)C2OC(C)=O)C(OC(C)=O)C1OC(C)=O. The Hall–Kier alpha value is -4.62. The molecule has 19 nitrogen and oxygen atoms in total. The van der Waals surface area contributed by atoms with Crippen LogP contribution in [0, 0.1) is 0 Å². The summed E-state index contributed by atoms with van der Waals surface area (Å²) in [5, 5.41) is 0. The molecule has 0 aromatic carbocycles. The highest BCUT2D eigenvalue weighted by Crippen LogP contribution is 2.36. The minimum atomic E-state index is -1.83. The number of carbonyl (C=O) groups excluding carboxylic acids is 8. The van der Waals surface area contributed by atoms with Gasteiger partial charge in [-0.1, -0.05) is 6.08 Å². The fourth-order valence-electron chi connectivity index (χ4n) is 5.29. The number of esters is 7.